The number of phenolic OH excluding ortho intramolecular Hbond substituents is 1. The van der Waals surface area contributed by atoms with Crippen LogP contribution in [0.5, 0.6) is 5.75 Å². The van der Waals surface area contributed by atoms with Crippen LogP contribution in [0.3, 0.4) is 0 Å². The number of rotatable bonds is 12. The normalized spacial score (nSPS) is 16.2. The molecule has 7 nitrogen and oxygen atoms in total. The number of nitrogens with one attached hydrogen (secondary N) is 2. The molecule has 1 heterocycles. The molecule has 47 heavy (non-hydrogen) atoms. The van der Waals surface area contributed by atoms with Crippen molar-refractivity contribution in [1.29, 1.82) is 0 Å². The molecule has 1 aliphatic carbocycles. The number of benzene rings is 4. The number of carbonyl (C=O) groups excluding carboxylic acids is 2. The summed E-state index contributed by atoms with van der Waals surface area (Å²) < 4.78 is 0. The quantitative estimate of drug-likeness (QED) is 0.121. The molecule has 0 bridgehead atoms. The Morgan fingerprint density at radius 3 is 2.47 bits per heavy atom. The second-order valence-electron chi connectivity index (χ2n) is 12.9. The minimum Gasteiger partial charge on any atom is -0.508 e. The first kappa shape index (κ1) is 32.1. The lowest BCUT2D eigenvalue weighted by atomic mass is 9.81. The summed E-state index contributed by atoms with van der Waals surface area (Å²) in [4.78, 5) is 32.2. The number of fused-ring (bicyclic) bond motifs is 1. The minimum atomic E-state index is -0.0545. The molecule has 5 aromatic rings. The van der Waals surface area contributed by atoms with Crippen LogP contribution in [0.25, 0.3) is 22.0 Å². The molecule has 242 valence electrons. The van der Waals surface area contributed by atoms with Gasteiger partial charge in [-0.3, -0.25) is 9.59 Å². The van der Waals surface area contributed by atoms with Gasteiger partial charge in [-0.25, -0.2) is 0 Å². The second-order valence-corrected chi connectivity index (χ2v) is 12.9. The van der Waals surface area contributed by atoms with Crippen LogP contribution < -0.4 is 11.1 Å². The number of H-pyrrole nitrogens is 1. The number of aromatic hydroxyl groups is 1. The first-order chi connectivity index (χ1) is 22.9. The number of carbonyl (C=O) groups is 2. The van der Waals surface area contributed by atoms with Crippen LogP contribution in [-0.2, 0) is 24.2 Å². The number of nitrogens with two attached hydrogens (primary N) is 1. The Morgan fingerprint density at radius 2 is 1.64 bits per heavy atom. The maximum absolute atomic E-state index is 13.8. The highest BCUT2D eigenvalue weighted by molar-refractivity contribution is 5.95. The van der Waals surface area contributed by atoms with Crippen molar-refractivity contribution in [2.75, 3.05) is 19.6 Å². The fourth-order valence-corrected chi connectivity index (χ4v) is 6.82. The van der Waals surface area contributed by atoms with E-state index < -0.39 is 0 Å². The number of aromatic nitrogens is 1. The number of nitrogens with zero attached hydrogens (tertiary/aromatic N) is 1. The molecule has 0 radical (unpaired) electrons. The molecule has 2 amide bonds. The lowest BCUT2D eigenvalue weighted by Gasteiger charge is -2.28. The van der Waals surface area contributed by atoms with Crippen LogP contribution in [-0.4, -0.2) is 46.4 Å². The number of aromatic amines is 1. The van der Waals surface area contributed by atoms with E-state index in [0.29, 0.717) is 49.9 Å². The number of amides is 2. The van der Waals surface area contributed by atoms with Gasteiger partial charge in [0.25, 0.3) is 5.91 Å². The predicted octanol–water partition coefficient (Wildman–Crippen LogP) is 6.85. The molecule has 1 aromatic heterocycles. The Hall–Kier alpha value is -4.88. The smallest absolute Gasteiger partial charge is 0.251 e. The number of para-hydroxylation sites is 1. The van der Waals surface area contributed by atoms with Gasteiger partial charge in [-0.1, -0.05) is 67.1 Å². The van der Waals surface area contributed by atoms with Crippen molar-refractivity contribution in [2.24, 2.45) is 17.6 Å². The van der Waals surface area contributed by atoms with Crippen molar-refractivity contribution < 1.29 is 14.7 Å². The molecule has 0 saturated heterocycles. The Morgan fingerprint density at radius 1 is 0.872 bits per heavy atom. The Bertz CT molecular complexity index is 1810. The summed E-state index contributed by atoms with van der Waals surface area (Å²) >= 11 is 0. The molecular weight excluding hydrogens is 584 g/mol. The van der Waals surface area contributed by atoms with Crippen molar-refractivity contribution in [2.45, 2.75) is 45.1 Å². The largest absolute Gasteiger partial charge is 0.508 e. The van der Waals surface area contributed by atoms with Gasteiger partial charge in [0.1, 0.15) is 5.75 Å². The van der Waals surface area contributed by atoms with Gasteiger partial charge in [0.05, 0.1) is 6.42 Å². The maximum Gasteiger partial charge on any atom is 0.251 e. The molecule has 2 unspecified atom stereocenters. The zero-order valence-corrected chi connectivity index (χ0v) is 26.8. The molecular formula is C40H44N4O3. The van der Waals surface area contributed by atoms with E-state index in [1.807, 2.05) is 90.0 Å². The SMILES string of the molecule is NCC1CCCC(CNC(=O)c2cccc(-c3cccc(CN(CCc4ccc(O)cc4)C(=O)Cc4c[nH]c5ccccc45)c3)c2)C1. The van der Waals surface area contributed by atoms with E-state index in [4.69, 9.17) is 5.73 Å². The highest BCUT2D eigenvalue weighted by atomic mass is 16.3. The lowest BCUT2D eigenvalue weighted by Crippen LogP contribution is -2.33. The molecule has 1 aliphatic rings. The van der Waals surface area contributed by atoms with Crippen molar-refractivity contribution in [3.8, 4) is 16.9 Å². The van der Waals surface area contributed by atoms with Crippen LogP contribution in [0.2, 0.25) is 0 Å². The first-order valence-corrected chi connectivity index (χ1v) is 16.7. The van der Waals surface area contributed by atoms with Crippen LogP contribution in [0.4, 0.5) is 0 Å². The van der Waals surface area contributed by atoms with Gasteiger partial charge in [0.15, 0.2) is 0 Å². The summed E-state index contributed by atoms with van der Waals surface area (Å²) in [7, 11) is 0. The topological polar surface area (TPSA) is 111 Å². The Kier molecular flexibility index (Phi) is 10.3. The predicted molar refractivity (Wildman–Crippen MR) is 188 cm³/mol. The van der Waals surface area contributed by atoms with Gasteiger partial charge in [-0.15, -0.1) is 0 Å². The summed E-state index contributed by atoms with van der Waals surface area (Å²) in [6.45, 7) is 2.40. The monoisotopic (exact) mass is 628 g/mol. The van der Waals surface area contributed by atoms with E-state index in [2.05, 4.69) is 16.4 Å². The van der Waals surface area contributed by atoms with Gasteiger partial charge in [0, 0.05) is 42.3 Å². The van der Waals surface area contributed by atoms with Crippen LogP contribution in [0, 0.1) is 11.8 Å². The van der Waals surface area contributed by atoms with E-state index in [-0.39, 0.29) is 17.6 Å². The molecule has 0 spiro atoms. The van der Waals surface area contributed by atoms with E-state index in [1.54, 1.807) is 12.1 Å². The molecule has 1 fully saturated rings. The van der Waals surface area contributed by atoms with E-state index in [9.17, 15) is 14.7 Å². The standard InChI is InChI=1S/C40H44N4O3/c41-24-29-6-3-7-30(20-29)25-43-40(47)34-11-5-10-33(22-34)32-9-4-8-31(21-32)27-44(19-18-28-14-16-36(45)17-15-28)39(46)23-35-26-42-38-13-2-1-12-37(35)38/h1-2,4-5,8-17,21-22,26,29-30,42,45H,3,6-7,18-20,23-25,27,41H2,(H,43,47). The Balaban J connectivity index is 1.16. The highest BCUT2D eigenvalue weighted by Gasteiger charge is 2.22. The van der Waals surface area contributed by atoms with Crippen molar-refractivity contribution >= 4 is 22.7 Å². The molecule has 6 rings (SSSR count). The summed E-state index contributed by atoms with van der Waals surface area (Å²) in [5, 5.41) is 13.9. The zero-order valence-electron chi connectivity index (χ0n) is 26.8. The van der Waals surface area contributed by atoms with E-state index in [0.717, 1.165) is 58.1 Å². The first-order valence-electron chi connectivity index (χ1n) is 16.7. The molecule has 1 saturated carbocycles. The molecule has 2 atom stereocenters. The van der Waals surface area contributed by atoms with E-state index >= 15 is 0 Å². The van der Waals surface area contributed by atoms with Gasteiger partial charge >= 0.3 is 0 Å². The van der Waals surface area contributed by atoms with Gasteiger partial charge in [0.2, 0.25) is 5.91 Å². The van der Waals surface area contributed by atoms with Gasteiger partial charge in [-0.2, -0.15) is 0 Å². The Labute approximate surface area is 276 Å². The van der Waals surface area contributed by atoms with Crippen LogP contribution in [0.1, 0.15) is 52.7 Å². The fourth-order valence-electron chi connectivity index (χ4n) is 6.82. The van der Waals surface area contributed by atoms with Gasteiger partial charge < -0.3 is 26.0 Å². The van der Waals surface area contributed by atoms with Crippen molar-refractivity contribution in [1.82, 2.24) is 15.2 Å². The number of hydrogen-bond donors (Lipinski definition) is 4. The molecule has 7 heteroatoms. The molecule has 0 aliphatic heterocycles. The summed E-state index contributed by atoms with van der Waals surface area (Å²) in [5.41, 5.74) is 12.6. The van der Waals surface area contributed by atoms with E-state index in [1.165, 1.54) is 12.8 Å². The molecule has 5 N–H and O–H groups in total. The van der Waals surface area contributed by atoms with Crippen LogP contribution >= 0.6 is 0 Å². The highest BCUT2D eigenvalue weighted by Crippen LogP contribution is 2.28. The summed E-state index contributed by atoms with van der Waals surface area (Å²) in [5.74, 6) is 1.27. The molecule has 4 aromatic carbocycles. The summed E-state index contributed by atoms with van der Waals surface area (Å²) in [6.07, 6.45) is 7.48. The number of hydrogen-bond acceptors (Lipinski definition) is 4. The number of phenols is 1. The lowest BCUT2D eigenvalue weighted by molar-refractivity contribution is -0.131. The third-order valence-corrected chi connectivity index (χ3v) is 9.51. The fraction of sp³-hybridized carbons (Fsp3) is 0.300. The van der Waals surface area contributed by atoms with Crippen molar-refractivity contribution in [3.63, 3.8) is 0 Å². The zero-order chi connectivity index (χ0) is 32.6. The average molecular weight is 629 g/mol. The average Bonchev–Trinajstić information content (AvgIpc) is 3.52. The summed E-state index contributed by atoms with van der Waals surface area (Å²) in [6, 6.07) is 31.2. The minimum absolute atomic E-state index is 0.0494. The second kappa shape index (κ2) is 15.1. The van der Waals surface area contributed by atoms with Crippen LogP contribution in [0.15, 0.2) is 103 Å². The maximum atomic E-state index is 13.8. The van der Waals surface area contributed by atoms with Crippen molar-refractivity contribution in [3.05, 3.63) is 126 Å². The van der Waals surface area contributed by atoms with Gasteiger partial charge in [-0.05, 0) is 108 Å². The third-order valence-electron chi connectivity index (χ3n) is 9.51. The third kappa shape index (κ3) is 8.29.